The molecule has 1 aromatic heterocycles. The summed E-state index contributed by atoms with van der Waals surface area (Å²) in [5.74, 6) is 2.90. The normalized spacial score (nSPS) is 42.0. The molecule has 200 valence electrons. The second-order valence-corrected chi connectivity index (χ2v) is 14.4. The molecule has 5 aliphatic rings. The molecule has 37 heavy (non-hydrogen) atoms. The molecule has 5 heteroatoms. The molecule has 0 aromatic carbocycles. The number of aliphatic hydroxyl groups is 1. The van der Waals surface area contributed by atoms with Crippen LogP contribution in [0.5, 0.6) is 0 Å². The molecule has 1 N–H and O–H groups in total. The molecule has 0 radical (unpaired) electrons. The predicted molar refractivity (Wildman–Crippen MR) is 147 cm³/mol. The number of thiophene rings is 1. The average molecular weight is 523 g/mol. The van der Waals surface area contributed by atoms with Crippen molar-refractivity contribution in [2.24, 2.45) is 40.4 Å². The zero-order valence-corrected chi connectivity index (χ0v) is 23.6. The zero-order valence-electron chi connectivity index (χ0n) is 22.8. The summed E-state index contributed by atoms with van der Waals surface area (Å²) in [5, 5.41) is 10.3. The number of fused-ring (bicyclic) bond motifs is 5. The van der Waals surface area contributed by atoms with Crippen molar-refractivity contribution in [1.82, 2.24) is 0 Å². The fourth-order valence-corrected chi connectivity index (χ4v) is 10.5. The van der Waals surface area contributed by atoms with Gasteiger partial charge in [-0.2, -0.15) is 0 Å². The summed E-state index contributed by atoms with van der Waals surface area (Å²) < 4.78 is 5.98. The molecule has 0 saturated heterocycles. The standard InChI is InChI=1S/C32H42O4S/c1-18(27-15-20(16-30(35)36-27)29-10-9-28(37-29)19(2)33)24-7-8-25-23-6-5-21-17-22(34)11-13-31(21,3)26(23)12-14-32(24,25)4/h5,9-10,16,18,22-27,34H,6-8,11-15,17H2,1-4H3/t18-,22-,23-,24+,25-,26-,27+,31-,32+/m0/s1. The number of rotatable bonds is 4. The van der Waals surface area contributed by atoms with Crippen molar-refractivity contribution in [2.45, 2.75) is 97.7 Å². The minimum Gasteiger partial charge on any atom is -0.459 e. The molecule has 0 unspecified atom stereocenters. The highest BCUT2D eigenvalue weighted by Crippen LogP contribution is 2.67. The SMILES string of the molecule is CC(=O)c1ccc(C2=CC(=O)O[C@@H]([C@@H](C)[C@H]3CC[C@H]4[C@@H]5CC=C6C[C@@H](O)CC[C@]6(C)[C@H]5CC[C@]34C)C2)s1. The van der Waals surface area contributed by atoms with Crippen LogP contribution in [-0.4, -0.2) is 29.1 Å². The van der Waals surface area contributed by atoms with Crippen molar-refractivity contribution in [3.05, 3.63) is 39.6 Å². The van der Waals surface area contributed by atoms with Crippen LogP contribution in [-0.2, 0) is 9.53 Å². The maximum absolute atomic E-state index is 12.7. The highest BCUT2D eigenvalue weighted by molar-refractivity contribution is 7.15. The number of carbonyl (C=O) groups excluding carboxylic acids is 2. The molecule has 0 spiro atoms. The molecule has 4 nitrogen and oxygen atoms in total. The van der Waals surface area contributed by atoms with Crippen LogP contribution in [0.15, 0.2) is 29.9 Å². The Hall–Kier alpha value is -1.72. The van der Waals surface area contributed by atoms with Gasteiger partial charge >= 0.3 is 5.97 Å². The molecule has 0 amide bonds. The third-order valence-electron chi connectivity index (χ3n) is 11.6. The van der Waals surface area contributed by atoms with E-state index in [1.165, 1.54) is 49.0 Å². The Balaban J connectivity index is 1.21. The molecule has 9 atom stereocenters. The average Bonchev–Trinajstić information content (AvgIpc) is 3.49. The van der Waals surface area contributed by atoms with E-state index in [1.807, 2.05) is 12.1 Å². The number of hydrogen-bond donors (Lipinski definition) is 1. The summed E-state index contributed by atoms with van der Waals surface area (Å²) in [5.41, 5.74) is 3.11. The highest BCUT2D eigenvalue weighted by atomic mass is 32.1. The van der Waals surface area contributed by atoms with Crippen molar-refractivity contribution in [3.8, 4) is 0 Å². The van der Waals surface area contributed by atoms with Gasteiger partial charge in [-0.15, -0.1) is 11.3 Å². The van der Waals surface area contributed by atoms with Gasteiger partial charge in [-0.1, -0.05) is 32.4 Å². The van der Waals surface area contributed by atoms with Crippen molar-refractivity contribution >= 4 is 28.7 Å². The van der Waals surface area contributed by atoms with E-state index < -0.39 is 0 Å². The van der Waals surface area contributed by atoms with Crippen molar-refractivity contribution in [2.75, 3.05) is 0 Å². The second-order valence-electron chi connectivity index (χ2n) is 13.3. The van der Waals surface area contributed by atoms with Crippen LogP contribution >= 0.6 is 11.3 Å². The molecular weight excluding hydrogens is 480 g/mol. The van der Waals surface area contributed by atoms with E-state index in [4.69, 9.17) is 4.74 Å². The van der Waals surface area contributed by atoms with E-state index in [9.17, 15) is 14.7 Å². The van der Waals surface area contributed by atoms with Crippen LogP contribution in [0, 0.1) is 40.4 Å². The van der Waals surface area contributed by atoms with E-state index in [0.29, 0.717) is 11.8 Å². The molecule has 3 fully saturated rings. The van der Waals surface area contributed by atoms with Crippen LogP contribution in [0.25, 0.3) is 5.57 Å². The monoisotopic (exact) mass is 522 g/mol. The molecule has 3 saturated carbocycles. The summed E-state index contributed by atoms with van der Waals surface area (Å²) in [6.45, 7) is 8.96. The number of ether oxygens (including phenoxy) is 1. The maximum Gasteiger partial charge on any atom is 0.331 e. The van der Waals surface area contributed by atoms with Crippen LogP contribution < -0.4 is 0 Å². The van der Waals surface area contributed by atoms with Crippen LogP contribution in [0.1, 0.15) is 100 Å². The van der Waals surface area contributed by atoms with Gasteiger partial charge in [0.2, 0.25) is 0 Å². The van der Waals surface area contributed by atoms with Crippen LogP contribution in [0.2, 0.25) is 0 Å². The van der Waals surface area contributed by atoms with Gasteiger partial charge in [0.25, 0.3) is 0 Å². The fraction of sp³-hybridized carbons (Fsp3) is 0.688. The van der Waals surface area contributed by atoms with Gasteiger partial charge in [0, 0.05) is 17.4 Å². The fourth-order valence-electron chi connectivity index (χ4n) is 9.61. The first-order valence-electron chi connectivity index (χ1n) is 14.5. The predicted octanol–water partition coefficient (Wildman–Crippen LogP) is 7.23. The van der Waals surface area contributed by atoms with Crippen molar-refractivity contribution < 1.29 is 19.4 Å². The maximum atomic E-state index is 12.7. The third-order valence-corrected chi connectivity index (χ3v) is 12.9. The number of allylic oxidation sites excluding steroid dienone is 1. The summed E-state index contributed by atoms with van der Waals surface area (Å²) in [6, 6.07) is 3.86. The molecule has 2 heterocycles. The van der Waals surface area contributed by atoms with E-state index in [2.05, 4.69) is 26.8 Å². The summed E-state index contributed by atoms with van der Waals surface area (Å²) in [6.07, 6.45) is 13.8. The van der Waals surface area contributed by atoms with Crippen molar-refractivity contribution in [1.29, 1.82) is 0 Å². The minimum atomic E-state index is -0.239. The summed E-state index contributed by atoms with van der Waals surface area (Å²) in [7, 11) is 0. The first-order chi connectivity index (χ1) is 17.6. The number of ketones is 1. The van der Waals surface area contributed by atoms with Crippen LogP contribution in [0.4, 0.5) is 0 Å². The Labute approximate surface area is 225 Å². The van der Waals surface area contributed by atoms with Gasteiger partial charge in [-0.05, 0) is 116 Å². The molecule has 1 aromatic rings. The van der Waals surface area contributed by atoms with Gasteiger partial charge in [0.15, 0.2) is 5.78 Å². The van der Waals surface area contributed by atoms with Gasteiger partial charge in [-0.25, -0.2) is 4.79 Å². The topological polar surface area (TPSA) is 63.6 Å². The number of hydrogen-bond acceptors (Lipinski definition) is 5. The van der Waals surface area contributed by atoms with Crippen molar-refractivity contribution in [3.63, 3.8) is 0 Å². The molecule has 0 bridgehead atoms. The molecular formula is C32H42O4S. The third kappa shape index (κ3) is 4.11. The first kappa shape index (κ1) is 25.6. The number of aliphatic hydroxyl groups excluding tert-OH is 1. The van der Waals surface area contributed by atoms with E-state index in [0.717, 1.165) is 58.8 Å². The number of esters is 1. The lowest BCUT2D eigenvalue weighted by molar-refractivity contribution is -0.149. The lowest BCUT2D eigenvalue weighted by Crippen LogP contribution is -2.51. The highest BCUT2D eigenvalue weighted by Gasteiger charge is 2.59. The molecule has 6 rings (SSSR count). The zero-order chi connectivity index (χ0) is 26.1. The lowest BCUT2D eigenvalue weighted by Gasteiger charge is -2.58. The molecule has 1 aliphatic heterocycles. The largest absolute Gasteiger partial charge is 0.459 e. The Morgan fingerprint density at radius 3 is 2.68 bits per heavy atom. The van der Waals surface area contributed by atoms with Gasteiger partial charge in [-0.3, -0.25) is 4.79 Å². The number of Topliss-reactive ketones (excluding diaryl/α,β-unsaturated/α-hetero) is 1. The van der Waals surface area contributed by atoms with Gasteiger partial charge in [0.05, 0.1) is 11.0 Å². The smallest absolute Gasteiger partial charge is 0.331 e. The minimum absolute atomic E-state index is 0.0728. The van der Waals surface area contributed by atoms with E-state index >= 15 is 0 Å². The molecule has 4 aliphatic carbocycles. The number of carbonyl (C=O) groups is 2. The Morgan fingerprint density at radius 1 is 1.11 bits per heavy atom. The Bertz CT molecular complexity index is 1160. The van der Waals surface area contributed by atoms with E-state index in [-0.39, 0.29) is 34.8 Å². The first-order valence-corrected chi connectivity index (χ1v) is 15.3. The van der Waals surface area contributed by atoms with Crippen LogP contribution in [0.3, 0.4) is 0 Å². The van der Waals surface area contributed by atoms with Gasteiger partial charge < -0.3 is 9.84 Å². The quantitative estimate of drug-likeness (QED) is 0.257. The second kappa shape index (κ2) is 9.19. The van der Waals surface area contributed by atoms with Gasteiger partial charge in [0.1, 0.15) is 6.10 Å². The number of cyclic esters (lactones) is 1. The lowest BCUT2D eigenvalue weighted by atomic mass is 9.47. The Morgan fingerprint density at radius 2 is 1.92 bits per heavy atom. The van der Waals surface area contributed by atoms with E-state index in [1.54, 1.807) is 13.0 Å². The Kier molecular flexibility index (Phi) is 6.35. The summed E-state index contributed by atoms with van der Waals surface area (Å²) in [4.78, 5) is 26.3. The summed E-state index contributed by atoms with van der Waals surface area (Å²) >= 11 is 1.49.